The van der Waals surface area contributed by atoms with Crippen molar-refractivity contribution in [1.82, 2.24) is 0 Å². The molecule has 3 aromatic carbocycles. The molecular weight excluding hydrogens is 392 g/mol. The van der Waals surface area contributed by atoms with Crippen molar-refractivity contribution >= 4 is 18.1 Å². The largest absolute Gasteiger partial charge is 0.302 e. The molecule has 5 rings (SSSR count). The number of aldehydes is 2. The van der Waals surface area contributed by atoms with E-state index in [2.05, 4.69) is 12.3 Å². The summed E-state index contributed by atoms with van der Waals surface area (Å²) in [6, 6.07) is 23.7. The van der Waals surface area contributed by atoms with Crippen LogP contribution in [-0.2, 0) is 20.4 Å². The number of hydrogen-bond donors (Lipinski definition) is 0. The predicted molar refractivity (Wildman–Crippen MR) is 128 cm³/mol. The van der Waals surface area contributed by atoms with E-state index in [0.29, 0.717) is 0 Å². The van der Waals surface area contributed by atoms with Crippen LogP contribution in [-0.4, -0.2) is 12.6 Å². The molecular formula is C30H22O2. The van der Waals surface area contributed by atoms with Crippen molar-refractivity contribution in [3.63, 3.8) is 0 Å². The first-order valence-electron chi connectivity index (χ1n) is 10.7. The van der Waals surface area contributed by atoms with Crippen LogP contribution < -0.4 is 0 Å². The molecule has 0 saturated carbocycles. The zero-order valence-corrected chi connectivity index (χ0v) is 17.8. The fourth-order valence-electron chi connectivity index (χ4n) is 5.77. The van der Waals surface area contributed by atoms with Crippen molar-refractivity contribution in [2.75, 3.05) is 0 Å². The molecule has 0 N–H and O–H groups in total. The molecule has 2 nitrogen and oxygen atoms in total. The number of allylic oxidation sites excluding steroid dienone is 5. The molecule has 0 heterocycles. The van der Waals surface area contributed by atoms with Crippen LogP contribution in [0.1, 0.15) is 29.2 Å². The molecule has 0 aliphatic heterocycles. The van der Waals surface area contributed by atoms with Crippen molar-refractivity contribution in [1.29, 1.82) is 0 Å². The van der Waals surface area contributed by atoms with Crippen molar-refractivity contribution in [3.8, 4) is 11.1 Å². The highest BCUT2D eigenvalue weighted by atomic mass is 16.1. The summed E-state index contributed by atoms with van der Waals surface area (Å²) < 4.78 is 0. The van der Waals surface area contributed by atoms with Gasteiger partial charge in [0.25, 0.3) is 0 Å². The molecule has 0 radical (unpaired) electrons. The molecule has 0 spiro atoms. The number of carbonyl (C=O) groups excluding carboxylic acids is 2. The van der Waals surface area contributed by atoms with Gasteiger partial charge in [0.05, 0.1) is 10.8 Å². The lowest BCUT2D eigenvalue weighted by molar-refractivity contribution is -0.120. The second-order valence-corrected chi connectivity index (χ2v) is 8.16. The Balaban J connectivity index is 2.04. The molecule has 0 saturated heterocycles. The molecule has 3 aromatic rings. The van der Waals surface area contributed by atoms with Gasteiger partial charge in [-0.1, -0.05) is 91.5 Å². The maximum atomic E-state index is 13.4. The summed E-state index contributed by atoms with van der Waals surface area (Å²) in [5, 5.41) is 0. The first-order valence-corrected chi connectivity index (χ1v) is 10.7. The molecule has 0 bridgehead atoms. The van der Waals surface area contributed by atoms with Crippen LogP contribution in [0.4, 0.5) is 0 Å². The van der Waals surface area contributed by atoms with Crippen LogP contribution in [0.3, 0.4) is 0 Å². The number of fused-ring (bicyclic) bond motifs is 4. The van der Waals surface area contributed by atoms with Gasteiger partial charge in [-0.15, -0.1) is 5.73 Å². The SMILES string of the molecule is C=C=CC1=C(/C=C\C)C(C=O)(C2(C=O)c3ccccc3-c3ccccc32)c2ccccc21. The first-order chi connectivity index (χ1) is 15.7. The Kier molecular flexibility index (Phi) is 4.55. The third-order valence-corrected chi connectivity index (χ3v) is 6.91. The van der Waals surface area contributed by atoms with E-state index in [1.54, 1.807) is 0 Å². The molecule has 2 heteroatoms. The van der Waals surface area contributed by atoms with Crippen LogP contribution in [0, 0.1) is 0 Å². The molecule has 2 aliphatic rings. The Morgan fingerprint density at radius 2 is 1.19 bits per heavy atom. The van der Waals surface area contributed by atoms with Gasteiger partial charge in [-0.25, -0.2) is 0 Å². The molecule has 154 valence electrons. The number of hydrogen-bond acceptors (Lipinski definition) is 2. The fourth-order valence-corrected chi connectivity index (χ4v) is 5.77. The smallest absolute Gasteiger partial charge is 0.136 e. The second-order valence-electron chi connectivity index (χ2n) is 8.16. The Morgan fingerprint density at radius 1 is 0.719 bits per heavy atom. The maximum Gasteiger partial charge on any atom is 0.136 e. The molecule has 0 aromatic heterocycles. The van der Waals surface area contributed by atoms with Gasteiger partial charge in [0.1, 0.15) is 12.6 Å². The molecule has 2 aliphatic carbocycles. The highest BCUT2D eigenvalue weighted by Gasteiger charge is 2.63. The highest BCUT2D eigenvalue weighted by molar-refractivity contribution is 6.06. The van der Waals surface area contributed by atoms with Crippen molar-refractivity contribution in [2.45, 2.75) is 17.8 Å². The van der Waals surface area contributed by atoms with Gasteiger partial charge in [0.15, 0.2) is 0 Å². The first kappa shape index (κ1) is 19.9. The van der Waals surface area contributed by atoms with E-state index in [-0.39, 0.29) is 0 Å². The van der Waals surface area contributed by atoms with E-state index in [9.17, 15) is 9.59 Å². The van der Waals surface area contributed by atoms with Gasteiger partial charge < -0.3 is 9.59 Å². The van der Waals surface area contributed by atoms with E-state index < -0.39 is 10.8 Å². The minimum atomic E-state index is -1.23. The lowest BCUT2D eigenvalue weighted by Crippen LogP contribution is -2.51. The Labute approximate surface area is 187 Å². The predicted octanol–water partition coefficient (Wildman–Crippen LogP) is 5.97. The van der Waals surface area contributed by atoms with Crippen LogP contribution in [0.15, 0.2) is 109 Å². The molecule has 0 amide bonds. The highest BCUT2D eigenvalue weighted by Crippen LogP contribution is 2.63. The van der Waals surface area contributed by atoms with Gasteiger partial charge in [-0.3, -0.25) is 0 Å². The van der Waals surface area contributed by atoms with Crippen LogP contribution >= 0.6 is 0 Å². The van der Waals surface area contributed by atoms with Crippen LogP contribution in [0.25, 0.3) is 16.7 Å². The Hall–Kier alpha value is -4.00. The fraction of sp³-hybridized carbons (Fsp3) is 0.100. The summed E-state index contributed by atoms with van der Waals surface area (Å²) in [6.45, 7) is 5.70. The summed E-state index contributed by atoms with van der Waals surface area (Å²) in [5.74, 6) is 0. The number of carbonyl (C=O) groups is 2. The van der Waals surface area contributed by atoms with E-state index in [4.69, 9.17) is 0 Å². The van der Waals surface area contributed by atoms with Crippen molar-refractivity contribution in [2.24, 2.45) is 0 Å². The quantitative estimate of drug-likeness (QED) is 0.381. The second kappa shape index (κ2) is 7.30. The monoisotopic (exact) mass is 414 g/mol. The third-order valence-electron chi connectivity index (χ3n) is 6.91. The zero-order valence-electron chi connectivity index (χ0n) is 17.8. The lowest BCUT2D eigenvalue weighted by atomic mass is 9.55. The van der Waals surface area contributed by atoms with E-state index in [1.165, 1.54) is 0 Å². The normalized spacial score (nSPS) is 19.8. The Morgan fingerprint density at radius 3 is 1.66 bits per heavy atom. The van der Waals surface area contributed by atoms with E-state index in [1.807, 2.05) is 97.9 Å². The topological polar surface area (TPSA) is 34.1 Å². The van der Waals surface area contributed by atoms with Crippen molar-refractivity contribution < 1.29 is 9.59 Å². The summed E-state index contributed by atoms with van der Waals surface area (Å²) in [4.78, 5) is 26.8. The third kappa shape index (κ3) is 2.20. The Bertz CT molecular complexity index is 1340. The molecule has 0 fully saturated rings. The summed E-state index contributed by atoms with van der Waals surface area (Å²) in [6.07, 6.45) is 7.63. The molecule has 1 unspecified atom stereocenters. The summed E-state index contributed by atoms with van der Waals surface area (Å²) in [5.41, 5.74) is 7.52. The van der Waals surface area contributed by atoms with Crippen molar-refractivity contribution in [3.05, 3.63) is 131 Å². The lowest BCUT2D eigenvalue weighted by Gasteiger charge is -2.42. The minimum absolute atomic E-state index is 0.783. The van der Waals surface area contributed by atoms with Crippen LogP contribution in [0.2, 0.25) is 0 Å². The average molecular weight is 415 g/mol. The van der Waals surface area contributed by atoms with E-state index in [0.717, 1.165) is 57.1 Å². The van der Waals surface area contributed by atoms with Crippen LogP contribution in [0.5, 0.6) is 0 Å². The summed E-state index contributed by atoms with van der Waals surface area (Å²) in [7, 11) is 0. The zero-order chi connectivity index (χ0) is 22.3. The number of benzene rings is 3. The standard InChI is InChI=1S/C30H22O2/c1-3-11-21-22-13-5-8-16-26(22)29(19-31,25(21)12-4-2)30(20-32)27-17-9-6-14-23(27)24-15-7-10-18-28(24)30/h4-20H,1H2,2H3/b12-4-. The van der Waals surface area contributed by atoms with Gasteiger partial charge in [0.2, 0.25) is 0 Å². The van der Waals surface area contributed by atoms with Gasteiger partial charge in [0, 0.05) is 0 Å². The molecule has 1 atom stereocenters. The van der Waals surface area contributed by atoms with Gasteiger partial charge in [-0.2, -0.15) is 0 Å². The van der Waals surface area contributed by atoms with Gasteiger partial charge >= 0.3 is 0 Å². The number of rotatable bonds is 5. The van der Waals surface area contributed by atoms with Gasteiger partial charge in [-0.05, 0) is 57.5 Å². The minimum Gasteiger partial charge on any atom is -0.302 e. The summed E-state index contributed by atoms with van der Waals surface area (Å²) >= 11 is 0. The maximum absolute atomic E-state index is 13.4. The molecule has 32 heavy (non-hydrogen) atoms. The average Bonchev–Trinajstić information content (AvgIpc) is 3.29. The van der Waals surface area contributed by atoms with E-state index >= 15 is 0 Å².